The molecule has 0 unspecified atom stereocenters. The van der Waals surface area contributed by atoms with Crippen LogP contribution in [0.15, 0.2) is 60.7 Å². The van der Waals surface area contributed by atoms with Crippen molar-refractivity contribution in [1.82, 2.24) is 4.58 Å². The highest BCUT2D eigenvalue weighted by Crippen LogP contribution is 2.46. The Balaban J connectivity index is 0.000000908. The maximum Gasteiger partial charge on any atom is 0.338 e. The van der Waals surface area contributed by atoms with Gasteiger partial charge in [0, 0.05) is 59.6 Å². The zero-order valence-electron chi connectivity index (χ0n) is 30.4. The lowest BCUT2D eigenvalue weighted by molar-refractivity contribution is -2.00. The van der Waals surface area contributed by atoms with Crippen LogP contribution in [-0.4, -0.2) is 36.7 Å². The minimum Gasteiger partial charge on any atom is -0.462 e. The van der Waals surface area contributed by atoms with Crippen molar-refractivity contribution >= 4 is 28.4 Å². The van der Waals surface area contributed by atoms with Gasteiger partial charge in [0.2, 0.25) is 5.36 Å². The van der Waals surface area contributed by atoms with Crippen molar-refractivity contribution in [2.75, 3.05) is 24.6 Å². The molecule has 3 heterocycles. The second-order valence-corrected chi connectivity index (χ2v) is 14.8. The molecule has 9 nitrogen and oxygen atoms in total. The van der Waals surface area contributed by atoms with Gasteiger partial charge < -0.3 is 14.4 Å². The van der Waals surface area contributed by atoms with Crippen molar-refractivity contribution in [3.05, 3.63) is 99.1 Å². The normalized spacial score (nSPS) is 16.8. The topological polar surface area (TPSA) is 134 Å². The molecule has 0 radical (unpaired) electrons. The van der Waals surface area contributed by atoms with Crippen LogP contribution in [0.3, 0.4) is 0 Å². The van der Waals surface area contributed by atoms with Crippen LogP contribution < -0.4 is 43.4 Å². The highest BCUT2D eigenvalue weighted by atomic mass is 35.7. The average molecular weight is 703 g/mol. The van der Waals surface area contributed by atoms with E-state index in [4.69, 9.17) is 28.1 Å². The van der Waals surface area contributed by atoms with E-state index in [-0.39, 0.29) is 17.0 Å². The van der Waals surface area contributed by atoms with E-state index in [0.29, 0.717) is 12.2 Å². The van der Waals surface area contributed by atoms with E-state index in [2.05, 4.69) is 114 Å². The SMILES string of the molecule is CCCCOC(=O)c1ccccc1C1=c2cc3c(cc2Oc2cc4c(cc21)C(C)=CC(C)(C)N4CC)=[N+](CC)C(C)(C)C=C3C.[O-][Cl+3]([O-])([O-])[O-]. The standard InChI is InChI=1S/C40H47N2O3.ClHO4/c1-10-13-18-44-38(43)28-17-15-14-16-27(28)37-31-19-29-25(4)23-39(6,7)41(11-2)33(29)21-35(31)45-36-22-34-30(20-32(36)37)26(5)24-40(8,9)42(34)12-3;2-1(3,4)5/h14-17,19-24H,10-13,18H2,1-9H3;(H,2,3,4,5)/q+1;/p-1. The zero-order chi connectivity index (χ0) is 36.8. The number of carbonyl (C=O) groups is 1. The van der Waals surface area contributed by atoms with Gasteiger partial charge in [-0.25, -0.2) is 28.0 Å². The molecule has 3 aliphatic rings. The molecule has 0 aromatic heterocycles. The van der Waals surface area contributed by atoms with E-state index >= 15 is 0 Å². The Hall–Kier alpha value is -3.99. The number of esters is 1. The van der Waals surface area contributed by atoms with Crippen molar-refractivity contribution in [3.63, 3.8) is 0 Å². The Kier molecular flexibility index (Phi) is 10.4. The predicted molar refractivity (Wildman–Crippen MR) is 186 cm³/mol. The van der Waals surface area contributed by atoms with Crippen LogP contribution in [-0.2, 0) is 4.74 Å². The molecule has 0 fully saturated rings. The van der Waals surface area contributed by atoms with Crippen LogP contribution in [0.1, 0.15) is 108 Å². The molecule has 0 bridgehead atoms. The first-order valence-electron chi connectivity index (χ1n) is 17.2. The summed E-state index contributed by atoms with van der Waals surface area (Å²) in [4.78, 5) is 16.0. The summed E-state index contributed by atoms with van der Waals surface area (Å²) >= 11 is 0. The van der Waals surface area contributed by atoms with Crippen molar-refractivity contribution in [1.29, 1.82) is 0 Å². The van der Waals surface area contributed by atoms with Crippen molar-refractivity contribution in [2.24, 2.45) is 0 Å². The fourth-order valence-corrected chi connectivity index (χ4v) is 7.74. The van der Waals surface area contributed by atoms with Gasteiger partial charge in [0.1, 0.15) is 18.0 Å². The van der Waals surface area contributed by atoms with Gasteiger partial charge in [-0.2, -0.15) is 0 Å². The second kappa shape index (κ2) is 14.0. The predicted octanol–water partition coefficient (Wildman–Crippen LogP) is 2.97. The number of rotatable bonds is 7. The molecule has 10 heteroatoms. The largest absolute Gasteiger partial charge is 0.462 e. The van der Waals surface area contributed by atoms with E-state index < -0.39 is 10.2 Å². The van der Waals surface area contributed by atoms with E-state index in [1.165, 1.54) is 33.3 Å². The number of benzene rings is 3. The van der Waals surface area contributed by atoms with E-state index in [0.717, 1.165) is 59.3 Å². The molecule has 3 aromatic rings. The first kappa shape index (κ1) is 37.3. The molecule has 0 amide bonds. The molecule has 0 saturated heterocycles. The van der Waals surface area contributed by atoms with Crippen LogP contribution in [0.2, 0.25) is 0 Å². The minimum absolute atomic E-state index is 0.121. The molecule has 3 aromatic carbocycles. The van der Waals surface area contributed by atoms with Gasteiger partial charge in [0.05, 0.1) is 23.8 Å². The summed E-state index contributed by atoms with van der Waals surface area (Å²) < 4.78 is 49.1. The highest BCUT2D eigenvalue weighted by molar-refractivity contribution is 6.00. The van der Waals surface area contributed by atoms with Gasteiger partial charge >= 0.3 is 5.97 Å². The molecule has 0 aliphatic carbocycles. The molecule has 0 spiro atoms. The number of likely N-dealkylation sites (N-methyl/N-ethyl adjacent to an activating group) is 2. The Morgan fingerprint density at radius 3 is 2.16 bits per heavy atom. The van der Waals surface area contributed by atoms with Gasteiger partial charge in [-0.15, -0.1) is 10.2 Å². The van der Waals surface area contributed by atoms with Crippen molar-refractivity contribution < 1.29 is 43.1 Å². The lowest BCUT2D eigenvalue weighted by atomic mass is 9.83. The molecule has 3 aliphatic heterocycles. The average Bonchev–Trinajstić information content (AvgIpc) is 3.01. The molecule has 266 valence electrons. The zero-order valence-corrected chi connectivity index (χ0v) is 31.2. The molecular weight excluding hydrogens is 656 g/mol. The smallest absolute Gasteiger partial charge is 0.338 e. The minimum atomic E-state index is -4.94. The number of hydrogen-bond acceptors (Lipinski definition) is 8. The lowest BCUT2D eigenvalue weighted by Crippen LogP contribution is -2.68. The van der Waals surface area contributed by atoms with Crippen LogP contribution in [0.4, 0.5) is 5.69 Å². The number of halogens is 1. The summed E-state index contributed by atoms with van der Waals surface area (Å²) in [7, 11) is -4.94. The number of allylic oxidation sites excluding steroid dienone is 2. The monoisotopic (exact) mass is 702 g/mol. The van der Waals surface area contributed by atoms with Gasteiger partial charge in [0.15, 0.2) is 5.54 Å². The van der Waals surface area contributed by atoms with Gasteiger partial charge in [-0.3, -0.25) is 0 Å². The van der Waals surface area contributed by atoms with E-state index in [9.17, 15) is 4.79 Å². The van der Waals surface area contributed by atoms with Crippen molar-refractivity contribution in [3.8, 4) is 11.5 Å². The first-order valence-corrected chi connectivity index (χ1v) is 18.4. The fraction of sp³-hybridized carbons (Fsp3) is 0.400. The summed E-state index contributed by atoms with van der Waals surface area (Å²) in [6, 6.07) is 16.8. The van der Waals surface area contributed by atoms with Crippen molar-refractivity contribution in [2.45, 2.75) is 86.2 Å². The highest BCUT2D eigenvalue weighted by Gasteiger charge is 2.36. The molecule has 6 rings (SSSR count). The number of anilines is 1. The first-order chi connectivity index (χ1) is 23.4. The molecule has 0 saturated carbocycles. The summed E-state index contributed by atoms with van der Waals surface area (Å²) in [5, 5.41) is 2.16. The van der Waals surface area contributed by atoms with Crippen LogP contribution in [0.5, 0.6) is 11.5 Å². The van der Waals surface area contributed by atoms with Crippen LogP contribution in [0, 0.1) is 10.2 Å². The van der Waals surface area contributed by atoms with Gasteiger partial charge in [0.25, 0.3) is 0 Å². The maximum atomic E-state index is 13.6. The third-order valence-electron chi connectivity index (χ3n) is 9.70. The Bertz CT molecular complexity index is 2020. The quantitative estimate of drug-likeness (QED) is 0.163. The molecule has 50 heavy (non-hydrogen) atoms. The van der Waals surface area contributed by atoms with E-state index in [1.54, 1.807) is 0 Å². The Morgan fingerprint density at radius 2 is 1.52 bits per heavy atom. The summed E-state index contributed by atoms with van der Waals surface area (Å²) in [5.41, 5.74) is 9.22. The van der Waals surface area contributed by atoms with Gasteiger partial charge in [-0.05, 0) is 88.9 Å². The number of nitrogens with zero attached hydrogens (tertiary/aromatic N) is 2. The summed E-state index contributed by atoms with van der Waals surface area (Å²) in [5.74, 6) is 1.32. The lowest BCUT2D eigenvalue weighted by Gasteiger charge is -2.43. The molecular formula is C40H47ClN2O7. The Labute approximate surface area is 296 Å². The van der Waals surface area contributed by atoms with E-state index in [1.807, 2.05) is 18.2 Å². The molecule has 0 atom stereocenters. The number of fused-ring (bicyclic) bond motifs is 4. The number of ether oxygens (including phenoxy) is 2. The van der Waals surface area contributed by atoms with Crippen LogP contribution in [0.25, 0.3) is 16.7 Å². The number of unbranched alkanes of at least 4 members (excludes halogenated alkanes) is 1. The summed E-state index contributed by atoms with van der Waals surface area (Å²) in [6.45, 7) is 22.1. The van der Waals surface area contributed by atoms with Gasteiger partial charge in [-0.1, -0.05) is 37.6 Å². The third-order valence-corrected chi connectivity index (χ3v) is 9.70. The third kappa shape index (κ3) is 7.24. The van der Waals surface area contributed by atoms with Crippen LogP contribution >= 0.6 is 0 Å². The second-order valence-electron chi connectivity index (χ2n) is 14.1. The maximum absolute atomic E-state index is 13.6. The number of carbonyl (C=O) groups excluding carboxylic acids is 1. The Morgan fingerprint density at radius 1 is 0.860 bits per heavy atom. The number of hydrogen-bond donors (Lipinski definition) is 0. The molecule has 0 N–H and O–H groups in total. The fourth-order valence-electron chi connectivity index (χ4n) is 7.74. The summed E-state index contributed by atoms with van der Waals surface area (Å²) in [6.07, 6.45) is 6.52.